The van der Waals surface area contributed by atoms with Gasteiger partial charge in [-0.2, -0.15) is 0 Å². The van der Waals surface area contributed by atoms with Gasteiger partial charge in [-0.1, -0.05) is 13.3 Å². The molecule has 2 heterocycles. The molecule has 0 saturated carbocycles. The number of hydrogen-bond donors (Lipinski definition) is 1. The molecule has 2 fully saturated rings. The highest BCUT2D eigenvalue weighted by Crippen LogP contribution is 2.31. The summed E-state index contributed by atoms with van der Waals surface area (Å²) in [7, 11) is 0. The summed E-state index contributed by atoms with van der Waals surface area (Å²) in [5, 5.41) is 3.83. The van der Waals surface area contributed by atoms with E-state index in [0.29, 0.717) is 5.54 Å². The first-order chi connectivity index (χ1) is 8.65. The van der Waals surface area contributed by atoms with Crippen molar-refractivity contribution in [2.45, 2.75) is 77.3 Å². The normalized spacial score (nSPS) is 34.3. The van der Waals surface area contributed by atoms with Gasteiger partial charge in [0.15, 0.2) is 0 Å². The average Bonchev–Trinajstić information content (AvgIpc) is 2.87. The Morgan fingerprint density at radius 1 is 1.33 bits per heavy atom. The van der Waals surface area contributed by atoms with Crippen LogP contribution in [-0.2, 0) is 0 Å². The predicted octanol–water partition coefficient (Wildman–Crippen LogP) is 3.42. The third-order valence-electron chi connectivity index (χ3n) is 5.34. The quantitative estimate of drug-likeness (QED) is 0.806. The average molecular weight is 252 g/mol. The molecule has 2 unspecified atom stereocenters. The molecule has 2 saturated heterocycles. The van der Waals surface area contributed by atoms with Gasteiger partial charge in [0.2, 0.25) is 0 Å². The lowest BCUT2D eigenvalue weighted by Crippen LogP contribution is -2.48. The Balaban J connectivity index is 1.77. The van der Waals surface area contributed by atoms with Crippen LogP contribution in [0.15, 0.2) is 0 Å². The van der Waals surface area contributed by atoms with E-state index in [2.05, 4.69) is 31.0 Å². The molecule has 2 rings (SSSR count). The first kappa shape index (κ1) is 14.3. The Morgan fingerprint density at radius 2 is 2.17 bits per heavy atom. The van der Waals surface area contributed by atoms with Crippen molar-refractivity contribution >= 4 is 0 Å². The summed E-state index contributed by atoms with van der Waals surface area (Å²) in [6.45, 7) is 11.0. The van der Waals surface area contributed by atoms with E-state index in [1.54, 1.807) is 0 Å². The minimum absolute atomic E-state index is 0.490. The Morgan fingerprint density at radius 3 is 2.72 bits per heavy atom. The molecular weight excluding hydrogens is 220 g/mol. The van der Waals surface area contributed by atoms with Gasteiger partial charge in [-0.05, 0) is 71.4 Å². The van der Waals surface area contributed by atoms with Gasteiger partial charge in [0.05, 0.1) is 0 Å². The van der Waals surface area contributed by atoms with Gasteiger partial charge < -0.3 is 10.2 Å². The molecule has 0 aromatic rings. The van der Waals surface area contributed by atoms with Crippen molar-refractivity contribution < 1.29 is 0 Å². The summed E-state index contributed by atoms with van der Waals surface area (Å²) in [6.07, 6.45) is 9.80. The number of nitrogens with zero attached hydrogens (tertiary/aromatic N) is 1. The van der Waals surface area contributed by atoms with Crippen molar-refractivity contribution in [3.63, 3.8) is 0 Å². The second kappa shape index (κ2) is 6.38. The topological polar surface area (TPSA) is 15.3 Å². The zero-order chi connectivity index (χ0) is 13.0. The van der Waals surface area contributed by atoms with E-state index in [0.717, 1.165) is 12.0 Å². The van der Waals surface area contributed by atoms with Crippen LogP contribution in [0.2, 0.25) is 0 Å². The van der Waals surface area contributed by atoms with Crippen LogP contribution in [0.25, 0.3) is 0 Å². The smallest absolute Gasteiger partial charge is 0.0179 e. The Hall–Kier alpha value is -0.0800. The molecule has 2 aliphatic rings. The molecule has 0 aliphatic carbocycles. The van der Waals surface area contributed by atoms with Crippen LogP contribution in [0.5, 0.6) is 0 Å². The van der Waals surface area contributed by atoms with Crippen LogP contribution in [0.4, 0.5) is 0 Å². The highest BCUT2D eigenvalue weighted by Gasteiger charge is 2.32. The van der Waals surface area contributed by atoms with Gasteiger partial charge >= 0.3 is 0 Å². The monoisotopic (exact) mass is 252 g/mol. The minimum atomic E-state index is 0.490. The van der Waals surface area contributed by atoms with Crippen molar-refractivity contribution in [2.75, 3.05) is 19.6 Å². The Bertz CT molecular complexity index is 243. The standard InChI is InChI=1S/C16H32N2/c1-4-16(9-5-6-11-17-16)10-7-15-8-12-18(13-15)14(2)3/h14-15,17H,4-13H2,1-3H3. The summed E-state index contributed by atoms with van der Waals surface area (Å²) < 4.78 is 0. The lowest BCUT2D eigenvalue weighted by molar-refractivity contribution is 0.206. The van der Waals surface area contributed by atoms with Gasteiger partial charge in [0.25, 0.3) is 0 Å². The fraction of sp³-hybridized carbons (Fsp3) is 1.00. The molecule has 2 nitrogen and oxygen atoms in total. The Kier molecular flexibility index (Phi) is 5.08. The van der Waals surface area contributed by atoms with E-state index in [4.69, 9.17) is 0 Å². The van der Waals surface area contributed by atoms with Crippen molar-refractivity contribution in [3.05, 3.63) is 0 Å². The number of piperidine rings is 1. The maximum atomic E-state index is 3.83. The highest BCUT2D eigenvalue weighted by atomic mass is 15.2. The number of nitrogens with one attached hydrogen (secondary N) is 1. The molecule has 1 N–H and O–H groups in total. The van der Waals surface area contributed by atoms with E-state index in [9.17, 15) is 0 Å². The highest BCUT2D eigenvalue weighted by molar-refractivity contribution is 4.91. The SMILES string of the molecule is CCC1(CCC2CCN(C(C)C)C2)CCCCN1. The van der Waals surface area contributed by atoms with E-state index in [1.165, 1.54) is 64.6 Å². The van der Waals surface area contributed by atoms with Crippen molar-refractivity contribution in [3.8, 4) is 0 Å². The van der Waals surface area contributed by atoms with Crippen LogP contribution in [-0.4, -0.2) is 36.1 Å². The first-order valence-corrected chi connectivity index (χ1v) is 8.14. The lowest BCUT2D eigenvalue weighted by Gasteiger charge is -2.38. The van der Waals surface area contributed by atoms with E-state index in [1.807, 2.05) is 0 Å². The molecule has 0 bridgehead atoms. The van der Waals surface area contributed by atoms with Gasteiger partial charge in [-0.15, -0.1) is 0 Å². The van der Waals surface area contributed by atoms with Crippen LogP contribution in [0, 0.1) is 5.92 Å². The molecule has 2 aliphatic heterocycles. The first-order valence-electron chi connectivity index (χ1n) is 8.14. The molecule has 0 aromatic heterocycles. The summed E-state index contributed by atoms with van der Waals surface area (Å²) in [6, 6.07) is 0.739. The molecule has 2 heteroatoms. The number of rotatable bonds is 5. The zero-order valence-corrected chi connectivity index (χ0v) is 12.7. The van der Waals surface area contributed by atoms with Crippen LogP contribution >= 0.6 is 0 Å². The molecule has 0 aromatic carbocycles. The summed E-state index contributed by atoms with van der Waals surface area (Å²) >= 11 is 0. The lowest BCUT2D eigenvalue weighted by atomic mass is 9.80. The second-order valence-electron chi connectivity index (χ2n) is 6.80. The fourth-order valence-electron chi connectivity index (χ4n) is 3.77. The maximum Gasteiger partial charge on any atom is 0.0179 e. The van der Waals surface area contributed by atoms with E-state index in [-0.39, 0.29) is 0 Å². The van der Waals surface area contributed by atoms with Crippen molar-refractivity contribution in [1.82, 2.24) is 10.2 Å². The Labute approximate surface area is 114 Å². The molecular formula is C16H32N2. The fourth-order valence-corrected chi connectivity index (χ4v) is 3.77. The maximum absolute atomic E-state index is 3.83. The minimum Gasteiger partial charge on any atom is -0.311 e. The third-order valence-corrected chi connectivity index (χ3v) is 5.34. The van der Waals surface area contributed by atoms with Crippen LogP contribution in [0.1, 0.15) is 65.7 Å². The molecule has 0 spiro atoms. The molecule has 0 amide bonds. The van der Waals surface area contributed by atoms with Crippen molar-refractivity contribution in [2.24, 2.45) is 5.92 Å². The van der Waals surface area contributed by atoms with Gasteiger partial charge in [-0.25, -0.2) is 0 Å². The molecule has 18 heavy (non-hydrogen) atoms. The summed E-state index contributed by atoms with van der Waals surface area (Å²) in [5.74, 6) is 0.958. The van der Waals surface area contributed by atoms with Gasteiger partial charge in [0.1, 0.15) is 0 Å². The van der Waals surface area contributed by atoms with Gasteiger partial charge in [-0.3, -0.25) is 0 Å². The molecule has 106 valence electrons. The second-order valence-corrected chi connectivity index (χ2v) is 6.80. The number of likely N-dealkylation sites (tertiary alicyclic amines) is 1. The van der Waals surface area contributed by atoms with Crippen molar-refractivity contribution in [1.29, 1.82) is 0 Å². The van der Waals surface area contributed by atoms with Gasteiger partial charge in [0, 0.05) is 18.1 Å². The molecule has 2 atom stereocenters. The van der Waals surface area contributed by atoms with E-state index >= 15 is 0 Å². The predicted molar refractivity (Wildman–Crippen MR) is 78.9 cm³/mol. The largest absolute Gasteiger partial charge is 0.311 e. The number of hydrogen-bond acceptors (Lipinski definition) is 2. The summed E-state index contributed by atoms with van der Waals surface area (Å²) in [5.41, 5.74) is 0.490. The van der Waals surface area contributed by atoms with Crippen LogP contribution < -0.4 is 5.32 Å². The van der Waals surface area contributed by atoms with E-state index < -0.39 is 0 Å². The summed E-state index contributed by atoms with van der Waals surface area (Å²) in [4.78, 5) is 2.65. The van der Waals surface area contributed by atoms with Crippen LogP contribution in [0.3, 0.4) is 0 Å². The third kappa shape index (κ3) is 3.48. The zero-order valence-electron chi connectivity index (χ0n) is 12.7. The molecule has 0 radical (unpaired) electrons.